The highest BCUT2D eigenvalue weighted by molar-refractivity contribution is 5.08. The first-order valence-electron chi connectivity index (χ1n) is 6.42. The molecule has 0 fully saturated rings. The average Bonchev–Trinajstić information content (AvgIpc) is 2.35. The Labute approximate surface area is 99.5 Å². The topological polar surface area (TPSA) is 24.9 Å². The molecule has 2 unspecified atom stereocenters. The quantitative estimate of drug-likeness (QED) is 0.760. The Hall–Kier alpha value is -0.890. The predicted octanol–water partition coefficient (Wildman–Crippen LogP) is 3.56. The third kappa shape index (κ3) is 4.31. The number of hydrogen-bond donors (Lipinski definition) is 1. The molecule has 0 aromatic carbocycles. The van der Waals surface area contributed by atoms with Gasteiger partial charge in [0.1, 0.15) is 0 Å². The van der Waals surface area contributed by atoms with Crippen LogP contribution in [0.25, 0.3) is 0 Å². The minimum Gasteiger partial charge on any atom is -0.309 e. The Balaban J connectivity index is 2.63. The van der Waals surface area contributed by atoms with Crippen LogP contribution in [0.5, 0.6) is 0 Å². The molecule has 1 N–H and O–H groups in total. The molecule has 0 aliphatic rings. The van der Waals surface area contributed by atoms with Crippen LogP contribution < -0.4 is 5.32 Å². The highest BCUT2D eigenvalue weighted by atomic mass is 14.9. The van der Waals surface area contributed by atoms with Crippen molar-refractivity contribution in [1.29, 1.82) is 0 Å². The molecule has 1 heterocycles. The number of nitrogens with zero attached hydrogens (tertiary/aromatic N) is 1. The fraction of sp³-hybridized carbons (Fsp3) is 0.643. The molecule has 0 amide bonds. The summed E-state index contributed by atoms with van der Waals surface area (Å²) in [7, 11) is 0. The molecule has 0 spiro atoms. The molecule has 2 heteroatoms. The summed E-state index contributed by atoms with van der Waals surface area (Å²) in [5, 5.41) is 3.59. The minimum absolute atomic E-state index is 0.413. The Morgan fingerprint density at radius 3 is 2.69 bits per heavy atom. The summed E-state index contributed by atoms with van der Waals surface area (Å²) in [4.78, 5) is 4.46. The summed E-state index contributed by atoms with van der Waals surface area (Å²) in [6.07, 6.45) is 5.46. The first kappa shape index (κ1) is 13.2. The monoisotopic (exact) mass is 220 g/mol. The SMILES string of the molecule is CCCNC(CC(C)CC)c1ccccn1. The van der Waals surface area contributed by atoms with Crippen molar-refractivity contribution in [2.45, 2.75) is 46.1 Å². The van der Waals surface area contributed by atoms with Crippen molar-refractivity contribution in [2.75, 3.05) is 6.54 Å². The Bertz CT molecular complexity index is 271. The lowest BCUT2D eigenvalue weighted by atomic mass is 9.97. The third-order valence-electron chi connectivity index (χ3n) is 3.02. The summed E-state index contributed by atoms with van der Waals surface area (Å²) in [5.74, 6) is 0.747. The summed E-state index contributed by atoms with van der Waals surface area (Å²) >= 11 is 0. The second-order valence-electron chi connectivity index (χ2n) is 4.51. The lowest BCUT2D eigenvalue weighted by Gasteiger charge is -2.21. The highest BCUT2D eigenvalue weighted by Crippen LogP contribution is 2.21. The number of nitrogens with one attached hydrogen (secondary N) is 1. The first-order valence-corrected chi connectivity index (χ1v) is 6.42. The molecule has 0 saturated heterocycles. The van der Waals surface area contributed by atoms with Crippen molar-refractivity contribution in [3.8, 4) is 0 Å². The first-order chi connectivity index (χ1) is 7.77. The number of pyridine rings is 1. The van der Waals surface area contributed by atoms with Crippen LogP contribution in [0.2, 0.25) is 0 Å². The summed E-state index contributed by atoms with van der Waals surface area (Å²) in [6, 6.07) is 6.58. The van der Waals surface area contributed by atoms with Crippen molar-refractivity contribution in [3.05, 3.63) is 30.1 Å². The molecule has 0 saturated carbocycles. The summed E-state index contributed by atoms with van der Waals surface area (Å²) in [5.41, 5.74) is 1.18. The van der Waals surface area contributed by atoms with Crippen LogP contribution in [-0.4, -0.2) is 11.5 Å². The standard InChI is InChI=1S/C14H24N2/c1-4-9-15-14(11-12(3)5-2)13-8-6-7-10-16-13/h6-8,10,12,14-15H,4-5,9,11H2,1-3H3. The second-order valence-corrected chi connectivity index (χ2v) is 4.51. The lowest BCUT2D eigenvalue weighted by molar-refractivity contribution is 0.396. The Morgan fingerprint density at radius 1 is 1.31 bits per heavy atom. The average molecular weight is 220 g/mol. The van der Waals surface area contributed by atoms with Crippen molar-refractivity contribution < 1.29 is 0 Å². The number of hydrogen-bond acceptors (Lipinski definition) is 2. The molecule has 0 aliphatic heterocycles. The van der Waals surface area contributed by atoms with E-state index in [1.807, 2.05) is 12.3 Å². The maximum Gasteiger partial charge on any atom is 0.0573 e. The molecule has 1 rings (SSSR count). The van der Waals surface area contributed by atoms with Crippen LogP contribution in [0.4, 0.5) is 0 Å². The van der Waals surface area contributed by atoms with E-state index in [0.29, 0.717) is 6.04 Å². The van der Waals surface area contributed by atoms with E-state index in [9.17, 15) is 0 Å². The predicted molar refractivity (Wildman–Crippen MR) is 69.3 cm³/mol. The normalized spacial score (nSPS) is 14.7. The molecule has 0 radical (unpaired) electrons. The Morgan fingerprint density at radius 2 is 2.12 bits per heavy atom. The Kier molecular flexibility index (Phi) is 6.09. The fourth-order valence-electron chi connectivity index (χ4n) is 1.78. The minimum atomic E-state index is 0.413. The van der Waals surface area contributed by atoms with Crippen molar-refractivity contribution >= 4 is 0 Å². The van der Waals surface area contributed by atoms with Gasteiger partial charge in [-0.3, -0.25) is 4.98 Å². The van der Waals surface area contributed by atoms with E-state index >= 15 is 0 Å². The zero-order valence-corrected chi connectivity index (χ0v) is 10.7. The van der Waals surface area contributed by atoms with Crippen LogP contribution in [0.3, 0.4) is 0 Å². The van der Waals surface area contributed by atoms with E-state index in [0.717, 1.165) is 12.5 Å². The van der Waals surface area contributed by atoms with E-state index in [1.54, 1.807) is 0 Å². The largest absolute Gasteiger partial charge is 0.309 e. The zero-order chi connectivity index (χ0) is 11.8. The molecule has 90 valence electrons. The van der Waals surface area contributed by atoms with Gasteiger partial charge in [0.25, 0.3) is 0 Å². The zero-order valence-electron chi connectivity index (χ0n) is 10.7. The van der Waals surface area contributed by atoms with Gasteiger partial charge in [-0.05, 0) is 37.4 Å². The van der Waals surface area contributed by atoms with Crippen LogP contribution in [0, 0.1) is 5.92 Å². The molecular formula is C14H24N2. The van der Waals surface area contributed by atoms with Gasteiger partial charge in [0.05, 0.1) is 5.69 Å². The molecule has 1 aromatic heterocycles. The van der Waals surface area contributed by atoms with E-state index in [2.05, 4.69) is 43.2 Å². The second kappa shape index (κ2) is 7.39. The molecule has 0 aliphatic carbocycles. The molecule has 16 heavy (non-hydrogen) atoms. The van der Waals surface area contributed by atoms with Crippen LogP contribution >= 0.6 is 0 Å². The van der Waals surface area contributed by atoms with E-state index in [1.165, 1.54) is 25.0 Å². The van der Waals surface area contributed by atoms with E-state index in [-0.39, 0.29) is 0 Å². The number of aromatic nitrogens is 1. The molecule has 1 aromatic rings. The van der Waals surface area contributed by atoms with Gasteiger partial charge < -0.3 is 5.32 Å². The van der Waals surface area contributed by atoms with Gasteiger partial charge in [-0.1, -0.05) is 33.3 Å². The van der Waals surface area contributed by atoms with E-state index < -0.39 is 0 Å². The van der Waals surface area contributed by atoms with Crippen LogP contribution in [0.15, 0.2) is 24.4 Å². The van der Waals surface area contributed by atoms with Gasteiger partial charge in [-0.15, -0.1) is 0 Å². The van der Waals surface area contributed by atoms with Gasteiger partial charge >= 0.3 is 0 Å². The molecule has 2 nitrogen and oxygen atoms in total. The van der Waals surface area contributed by atoms with Gasteiger partial charge in [0, 0.05) is 12.2 Å². The maximum atomic E-state index is 4.46. The lowest BCUT2D eigenvalue weighted by Crippen LogP contribution is -2.24. The van der Waals surface area contributed by atoms with Gasteiger partial charge in [0.2, 0.25) is 0 Å². The third-order valence-corrected chi connectivity index (χ3v) is 3.02. The summed E-state index contributed by atoms with van der Waals surface area (Å²) in [6.45, 7) is 7.83. The van der Waals surface area contributed by atoms with Crippen molar-refractivity contribution in [2.24, 2.45) is 5.92 Å². The molecule has 2 atom stereocenters. The van der Waals surface area contributed by atoms with Crippen LogP contribution in [0.1, 0.15) is 51.8 Å². The van der Waals surface area contributed by atoms with Crippen LogP contribution in [-0.2, 0) is 0 Å². The van der Waals surface area contributed by atoms with Gasteiger partial charge in [-0.2, -0.15) is 0 Å². The fourth-order valence-corrected chi connectivity index (χ4v) is 1.78. The van der Waals surface area contributed by atoms with Gasteiger partial charge in [-0.25, -0.2) is 0 Å². The summed E-state index contributed by atoms with van der Waals surface area (Å²) < 4.78 is 0. The number of rotatable bonds is 7. The smallest absolute Gasteiger partial charge is 0.0573 e. The van der Waals surface area contributed by atoms with Crippen molar-refractivity contribution in [1.82, 2.24) is 10.3 Å². The highest BCUT2D eigenvalue weighted by Gasteiger charge is 2.14. The van der Waals surface area contributed by atoms with Crippen molar-refractivity contribution in [3.63, 3.8) is 0 Å². The molecule has 0 bridgehead atoms. The van der Waals surface area contributed by atoms with Gasteiger partial charge in [0.15, 0.2) is 0 Å². The van der Waals surface area contributed by atoms with E-state index in [4.69, 9.17) is 0 Å². The maximum absolute atomic E-state index is 4.46. The molecular weight excluding hydrogens is 196 g/mol.